The van der Waals surface area contributed by atoms with Crippen LogP contribution in [0.1, 0.15) is 26.3 Å². The summed E-state index contributed by atoms with van der Waals surface area (Å²) in [5.74, 6) is -0.123. The van der Waals surface area contributed by atoms with E-state index < -0.39 is 5.91 Å². The molecule has 0 aliphatic rings. The van der Waals surface area contributed by atoms with Crippen molar-refractivity contribution in [3.05, 3.63) is 65.2 Å². The maximum Gasteiger partial charge on any atom is 0.251 e. The average molecular weight is 284 g/mol. The molecule has 2 amide bonds. The van der Waals surface area contributed by atoms with Crippen molar-refractivity contribution in [2.45, 2.75) is 6.54 Å². The van der Waals surface area contributed by atoms with Gasteiger partial charge in [-0.3, -0.25) is 9.59 Å². The third-order valence-electron chi connectivity index (χ3n) is 3.04. The third kappa shape index (κ3) is 3.60. The second kappa shape index (κ2) is 6.56. The summed E-state index contributed by atoms with van der Waals surface area (Å²) >= 11 is 0. The fraction of sp³-hybridized carbons (Fsp3) is 0.125. The number of primary amides is 1. The van der Waals surface area contributed by atoms with Crippen molar-refractivity contribution in [3.8, 4) is 5.75 Å². The van der Waals surface area contributed by atoms with E-state index in [0.29, 0.717) is 23.4 Å². The fourth-order valence-corrected chi connectivity index (χ4v) is 1.94. The van der Waals surface area contributed by atoms with Crippen molar-refractivity contribution in [1.29, 1.82) is 0 Å². The Kier molecular flexibility index (Phi) is 4.56. The van der Waals surface area contributed by atoms with Crippen molar-refractivity contribution in [1.82, 2.24) is 5.32 Å². The smallest absolute Gasteiger partial charge is 0.251 e. The van der Waals surface area contributed by atoms with Crippen LogP contribution in [0.25, 0.3) is 0 Å². The summed E-state index contributed by atoms with van der Waals surface area (Å²) in [6, 6.07) is 13.7. The SMILES string of the molecule is COc1ccccc1CNC(=O)c1cccc(C(N)=O)c1. The first-order valence-corrected chi connectivity index (χ1v) is 6.42. The van der Waals surface area contributed by atoms with Crippen LogP contribution < -0.4 is 15.8 Å². The number of nitrogens with one attached hydrogen (secondary N) is 1. The van der Waals surface area contributed by atoms with Crippen LogP contribution in [0.4, 0.5) is 0 Å². The average Bonchev–Trinajstić information content (AvgIpc) is 2.52. The molecule has 108 valence electrons. The first-order valence-electron chi connectivity index (χ1n) is 6.42. The van der Waals surface area contributed by atoms with Gasteiger partial charge < -0.3 is 15.8 Å². The van der Waals surface area contributed by atoms with Gasteiger partial charge in [-0.15, -0.1) is 0 Å². The van der Waals surface area contributed by atoms with Gasteiger partial charge in [0, 0.05) is 23.2 Å². The minimum atomic E-state index is -0.561. The zero-order valence-electron chi connectivity index (χ0n) is 11.6. The van der Waals surface area contributed by atoms with Gasteiger partial charge in [0.25, 0.3) is 5.91 Å². The molecule has 3 N–H and O–H groups in total. The molecule has 0 unspecified atom stereocenters. The molecule has 0 aromatic heterocycles. The Bertz CT molecular complexity index is 668. The largest absolute Gasteiger partial charge is 0.496 e. The van der Waals surface area contributed by atoms with Gasteiger partial charge in [0.15, 0.2) is 0 Å². The predicted octanol–water partition coefficient (Wildman–Crippen LogP) is 1.72. The lowest BCUT2D eigenvalue weighted by Gasteiger charge is -2.09. The highest BCUT2D eigenvalue weighted by molar-refractivity contribution is 5.99. The standard InChI is InChI=1S/C16H16N2O3/c1-21-14-8-3-2-5-13(14)10-18-16(20)12-7-4-6-11(9-12)15(17)19/h2-9H,10H2,1H3,(H2,17,19)(H,18,20). The molecule has 0 atom stereocenters. The molecule has 21 heavy (non-hydrogen) atoms. The van der Waals surface area contributed by atoms with Crippen LogP contribution in [-0.2, 0) is 6.54 Å². The molecule has 0 spiro atoms. The van der Waals surface area contributed by atoms with E-state index in [1.165, 1.54) is 6.07 Å². The molecule has 0 heterocycles. The zero-order chi connectivity index (χ0) is 15.2. The van der Waals surface area contributed by atoms with Crippen LogP contribution in [0.15, 0.2) is 48.5 Å². The number of hydrogen-bond donors (Lipinski definition) is 2. The topological polar surface area (TPSA) is 81.4 Å². The highest BCUT2D eigenvalue weighted by Crippen LogP contribution is 2.17. The van der Waals surface area contributed by atoms with Gasteiger partial charge in [-0.05, 0) is 24.3 Å². The Morgan fingerprint density at radius 1 is 1.10 bits per heavy atom. The van der Waals surface area contributed by atoms with Gasteiger partial charge in [-0.2, -0.15) is 0 Å². The highest BCUT2D eigenvalue weighted by Gasteiger charge is 2.09. The Hall–Kier alpha value is -2.82. The Balaban J connectivity index is 2.08. The fourth-order valence-electron chi connectivity index (χ4n) is 1.94. The number of carbonyl (C=O) groups excluding carboxylic acids is 2. The van der Waals surface area contributed by atoms with E-state index in [1.54, 1.807) is 25.3 Å². The number of nitrogens with two attached hydrogens (primary N) is 1. The number of rotatable bonds is 5. The molecule has 2 rings (SSSR count). The van der Waals surface area contributed by atoms with Gasteiger partial charge in [0.05, 0.1) is 7.11 Å². The van der Waals surface area contributed by atoms with Crippen LogP contribution in [0.5, 0.6) is 5.75 Å². The summed E-state index contributed by atoms with van der Waals surface area (Å²) in [6.07, 6.45) is 0. The Labute approximate surface area is 122 Å². The van der Waals surface area contributed by atoms with Gasteiger partial charge in [-0.25, -0.2) is 0 Å². The second-order valence-corrected chi connectivity index (χ2v) is 4.44. The Morgan fingerprint density at radius 3 is 2.52 bits per heavy atom. The van der Waals surface area contributed by atoms with E-state index in [-0.39, 0.29) is 5.91 Å². The predicted molar refractivity (Wildman–Crippen MR) is 79.1 cm³/mol. The van der Waals surface area contributed by atoms with E-state index in [1.807, 2.05) is 24.3 Å². The van der Waals surface area contributed by atoms with E-state index in [0.717, 1.165) is 5.56 Å². The molecule has 2 aromatic rings. The van der Waals surface area contributed by atoms with Crippen LogP contribution in [0.2, 0.25) is 0 Å². The lowest BCUT2D eigenvalue weighted by Crippen LogP contribution is -2.23. The van der Waals surface area contributed by atoms with Crippen LogP contribution >= 0.6 is 0 Å². The summed E-state index contributed by atoms with van der Waals surface area (Å²) in [4.78, 5) is 23.2. The number of para-hydroxylation sites is 1. The molecule has 5 heteroatoms. The van der Waals surface area contributed by atoms with Crippen LogP contribution in [0.3, 0.4) is 0 Å². The quantitative estimate of drug-likeness (QED) is 0.877. The lowest BCUT2D eigenvalue weighted by atomic mass is 10.1. The molecule has 2 aromatic carbocycles. The normalized spacial score (nSPS) is 9.95. The Morgan fingerprint density at radius 2 is 1.81 bits per heavy atom. The molecule has 0 fully saturated rings. The van der Waals surface area contributed by atoms with E-state index >= 15 is 0 Å². The summed E-state index contributed by atoms with van der Waals surface area (Å²) in [5.41, 5.74) is 6.77. The van der Waals surface area contributed by atoms with Crippen molar-refractivity contribution in [2.75, 3.05) is 7.11 Å². The number of methoxy groups -OCH3 is 1. The van der Waals surface area contributed by atoms with Gasteiger partial charge >= 0.3 is 0 Å². The van der Waals surface area contributed by atoms with Crippen LogP contribution in [-0.4, -0.2) is 18.9 Å². The minimum absolute atomic E-state index is 0.274. The van der Waals surface area contributed by atoms with Crippen molar-refractivity contribution in [2.24, 2.45) is 5.73 Å². The minimum Gasteiger partial charge on any atom is -0.496 e. The maximum atomic E-state index is 12.1. The number of hydrogen-bond acceptors (Lipinski definition) is 3. The van der Waals surface area contributed by atoms with E-state index in [4.69, 9.17) is 10.5 Å². The first kappa shape index (κ1) is 14.6. The van der Waals surface area contributed by atoms with Gasteiger partial charge in [0.2, 0.25) is 5.91 Å². The molecule has 5 nitrogen and oxygen atoms in total. The summed E-state index contributed by atoms with van der Waals surface area (Å²) in [6.45, 7) is 0.337. The molecule has 0 saturated heterocycles. The van der Waals surface area contributed by atoms with E-state index in [9.17, 15) is 9.59 Å². The number of amides is 2. The third-order valence-corrected chi connectivity index (χ3v) is 3.04. The molecule has 0 aliphatic carbocycles. The zero-order valence-corrected chi connectivity index (χ0v) is 11.6. The second-order valence-electron chi connectivity index (χ2n) is 4.44. The molecular weight excluding hydrogens is 268 g/mol. The van der Waals surface area contributed by atoms with Gasteiger partial charge in [0.1, 0.15) is 5.75 Å². The van der Waals surface area contributed by atoms with E-state index in [2.05, 4.69) is 5.32 Å². The molecule has 0 bridgehead atoms. The van der Waals surface area contributed by atoms with Crippen molar-refractivity contribution >= 4 is 11.8 Å². The van der Waals surface area contributed by atoms with Gasteiger partial charge in [-0.1, -0.05) is 24.3 Å². The lowest BCUT2D eigenvalue weighted by molar-refractivity contribution is 0.0950. The number of carbonyl (C=O) groups is 2. The molecular formula is C16H16N2O3. The number of ether oxygens (including phenoxy) is 1. The van der Waals surface area contributed by atoms with Crippen molar-refractivity contribution in [3.63, 3.8) is 0 Å². The number of benzene rings is 2. The molecule has 0 radical (unpaired) electrons. The monoisotopic (exact) mass is 284 g/mol. The van der Waals surface area contributed by atoms with Crippen LogP contribution in [0, 0.1) is 0 Å². The molecule has 0 aliphatic heterocycles. The first-order chi connectivity index (χ1) is 10.1. The molecule has 0 saturated carbocycles. The maximum absolute atomic E-state index is 12.1. The summed E-state index contributed by atoms with van der Waals surface area (Å²) < 4.78 is 5.22. The highest BCUT2D eigenvalue weighted by atomic mass is 16.5. The van der Waals surface area contributed by atoms with Crippen molar-refractivity contribution < 1.29 is 14.3 Å². The summed E-state index contributed by atoms with van der Waals surface area (Å²) in [5, 5.41) is 2.79. The summed E-state index contributed by atoms with van der Waals surface area (Å²) in [7, 11) is 1.58.